The van der Waals surface area contributed by atoms with Crippen LogP contribution in [0, 0.1) is 12.8 Å². The maximum Gasteiger partial charge on any atom is 0.347 e. The summed E-state index contributed by atoms with van der Waals surface area (Å²) in [4.78, 5) is 15.5. The first kappa shape index (κ1) is 11.4. The zero-order valence-corrected chi connectivity index (χ0v) is 10.3. The average molecular weight is 240 g/mol. The second kappa shape index (κ2) is 4.41. The number of aromatic carboxylic acids is 1. The predicted octanol–water partition coefficient (Wildman–Crippen LogP) is 2.75. The molecule has 1 aromatic heterocycles. The van der Waals surface area contributed by atoms with Gasteiger partial charge in [0.15, 0.2) is 5.13 Å². The molecule has 1 heterocycles. The van der Waals surface area contributed by atoms with E-state index in [2.05, 4.69) is 17.2 Å². The number of nitrogens with one attached hydrogen (secondary N) is 1. The van der Waals surface area contributed by atoms with Crippen LogP contribution in [0.25, 0.3) is 0 Å². The Morgan fingerprint density at radius 2 is 2.31 bits per heavy atom. The molecule has 2 atom stereocenters. The summed E-state index contributed by atoms with van der Waals surface area (Å²) in [5.41, 5.74) is 0.603. The van der Waals surface area contributed by atoms with Crippen molar-refractivity contribution in [2.75, 3.05) is 5.32 Å². The van der Waals surface area contributed by atoms with Crippen LogP contribution in [0.2, 0.25) is 0 Å². The van der Waals surface area contributed by atoms with Crippen molar-refractivity contribution < 1.29 is 9.90 Å². The lowest BCUT2D eigenvalue weighted by atomic mass is 10.1. The summed E-state index contributed by atoms with van der Waals surface area (Å²) in [6.45, 7) is 3.99. The van der Waals surface area contributed by atoms with E-state index in [4.69, 9.17) is 5.11 Å². The van der Waals surface area contributed by atoms with Crippen LogP contribution in [-0.4, -0.2) is 22.1 Å². The zero-order valence-electron chi connectivity index (χ0n) is 9.49. The minimum absolute atomic E-state index is 0.341. The molecule has 2 N–H and O–H groups in total. The number of thiazole rings is 1. The Morgan fingerprint density at radius 3 is 2.81 bits per heavy atom. The molecule has 5 heteroatoms. The minimum Gasteiger partial charge on any atom is -0.477 e. The van der Waals surface area contributed by atoms with Crippen LogP contribution >= 0.6 is 11.3 Å². The Hall–Kier alpha value is -1.10. The molecule has 1 saturated carbocycles. The number of aromatic nitrogens is 1. The first-order valence-electron chi connectivity index (χ1n) is 5.53. The number of hydrogen-bond acceptors (Lipinski definition) is 4. The molecule has 0 amide bonds. The lowest BCUT2D eigenvalue weighted by molar-refractivity contribution is 0.0701. The lowest BCUT2D eigenvalue weighted by Crippen LogP contribution is -2.14. The van der Waals surface area contributed by atoms with Gasteiger partial charge < -0.3 is 10.4 Å². The van der Waals surface area contributed by atoms with E-state index < -0.39 is 5.97 Å². The number of carboxylic acid groups (broad SMARTS) is 1. The van der Waals surface area contributed by atoms with Crippen molar-refractivity contribution in [1.29, 1.82) is 0 Å². The average Bonchev–Trinajstić information content (AvgIpc) is 2.73. The molecule has 0 saturated heterocycles. The Bertz CT molecular complexity index is 403. The van der Waals surface area contributed by atoms with Gasteiger partial charge in [0, 0.05) is 6.04 Å². The van der Waals surface area contributed by atoms with Crippen molar-refractivity contribution in [3.8, 4) is 0 Å². The van der Waals surface area contributed by atoms with Crippen LogP contribution in [0.4, 0.5) is 5.13 Å². The quantitative estimate of drug-likeness (QED) is 0.852. The van der Waals surface area contributed by atoms with Crippen LogP contribution in [0.5, 0.6) is 0 Å². The standard InChI is InChI=1S/C11H16N2O2S/c1-6-3-4-8(5-6)13-11-12-7(2)9(16-11)10(14)15/h6,8H,3-5H2,1-2H3,(H,12,13)(H,14,15). The van der Waals surface area contributed by atoms with Gasteiger partial charge in [-0.15, -0.1) is 0 Å². The number of rotatable bonds is 3. The van der Waals surface area contributed by atoms with E-state index in [1.165, 1.54) is 17.8 Å². The number of hydrogen-bond donors (Lipinski definition) is 2. The number of aryl methyl sites for hydroxylation is 1. The molecule has 2 rings (SSSR count). The molecule has 0 spiro atoms. The Labute approximate surface area is 98.7 Å². The maximum atomic E-state index is 10.9. The fourth-order valence-electron chi connectivity index (χ4n) is 2.17. The molecule has 1 aromatic rings. The summed E-state index contributed by atoms with van der Waals surface area (Å²) in [6.07, 6.45) is 3.55. The molecule has 1 fully saturated rings. The van der Waals surface area contributed by atoms with Crippen LogP contribution in [0.1, 0.15) is 41.6 Å². The van der Waals surface area contributed by atoms with Gasteiger partial charge >= 0.3 is 5.97 Å². The molecule has 0 aliphatic heterocycles. The third-order valence-corrected chi connectivity index (χ3v) is 4.09. The number of anilines is 1. The highest BCUT2D eigenvalue weighted by Gasteiger charge is 2.23. The highest BCUT2D eigenvalue weighted by atomic mass is 32.1. The zero-order chi connectivity index (χ0) is 11.7. The molecule has 2 unspecified atom stereocenters. The molecular formula is C11H16N2O2S. The highest BCUT2D eigenvalue weighted by molar-refractivity contribution is 7.17. The van der Waals surface area contributed by atoms with E-state index in [1.54, 1.807) is 6.92 Å². The van der Waals surface area contributed by atoms with Gasteiger partial charge in [-0.1, -0.05) is 18.3 Å². The SMILES string of the molecule is Cc1nc(NC2CCC(C)C2)sc1C(=O)O. The number of carboxylic acids is 1. The summed E-state index contributed by atoms with van der Waals surface area (Å²) >= 11 is 1.23. The van der Waals surface area contributed by atoms with Gasteiger partial charge in [0.2, 0.25) is 0 Å². The third-order valence-electron chi connectivity index (χ3n) is 3.01. The van der Waals surface area contributed by atoms with Gasteiger partial charge in [-0.2, -0.15) is 0 Å². The van der Waals surface area contributed by atoms with Gasteiger partial charge in [0.05, 0.1) is 5.69 Å². The fraction of sp³-hybridized carbons (Fsp3) is 0.636. The maximum absolute atomic E-state index is 10.9. The topological polar surface area (TPSA) is 62.2 Å². The van der Waals surface area contributed by atoms with E-state index in [1.807, 2.05) is 0 Å². The van der Waals surface area contributed by atoms with Crippen molar-refractivity contribution in [1.82, 2.24) is 4.98 Å². The van der Waals surface area contributed by atoms with E-state index in [0.717, 1.165) is 23.9 Å². The van der Waals surface area contributed by atoms with Gasteiger partial charge in [-0.05, 0) is 32.1 Å². The van der Waals surface area contributed by atoms with Gasteiger partial charge in [0.1, 0.15) is 4.88 Å². The van der Waals surface area contributed by atoms with Gasteiger partial charge in [0.25, 0.3) is 0 Å². The normalized spacial score (nSPS) is 24.6. The molecule has 1 aliphatic rings. The molecule has 0 aromatic carbocycles. The molecule has 1 aliphatic carbocycles. The van der Waals surface area contributed by atoms with E-state index in [0.29, 0.717) is 16.6 Å². The molecule has 0 radical (unpaired) electrons. The summed E-state index contributed by atoms with van der Waals surface area (Å²) in [7, 11) is 0. The van der Waals surface area contributed by atoms with Crippen molar-refractivity contribution in [2.45, 2.75) is 39.2 Å². The Morgan fingerprint density at radius 1 is 1.56 bits per heavy atom. The lowest BCUT2D eigenvalue weighted by Gasteiger charge is -2.10. The largest absolute Gasteiger partial charge is 0.477 e. The van der Waals surface area contributed by atoms with Crippen molar-refractivity contribution in [3.05, 3.63) is 10.6 Å². The summed E-state index contributed by atoms with van der Waals surface area (Å²) in [6, 6.07) is 0.460. The fourth-order valence-corrected chi connectivity index (χ4v) is 3.05. The molecule has 16 heavy (non-hydrogen) atoms. The first-order valence-corrected chi connectivity index (χ1v) is 6.35. The van der Waals surface area contributed by atoms with Crippen LogP contribution in [0.15, 0.2) is 0 Å². The molecule has 0 bridgehead atoms. The smallest absolute Gasteiger partial charge is 0.347 e. The number of carbonyl (C=O) groups is 1. The molecule has 88 valence electrons. The summed E-state index contributed by atoms with van der Waals surface area (Å²) in [5.74, 6) is -0.125. The van der Waals surface area contributed by atoms with Crippen molar-refractivity contribution in [2.24, 2.45) is 5.92 Å². The van der Waals surface area contributed by atoms with E-state index >= 15 is 0 Å². The van der Waals surface area contributed by atoms with Crippen LogP contribution < -0.4 is 5.32 Å². The summed E-state index contributed by atoms with van der Waals surface area (Å²) in [5, 5.41) is 13.0. The number of nitrogens with zero attached hydrogens (tertiary/aromatic N) is 1. The van der Waals surface area contributed by atoms with Gasteiger partial charge in [-0.25, -0.2) is 9.78 Å². The molecule has 4 nitrogen and oxygen atoms in total. The van der Waals surface area contributed by atoms with Crippen molar-refractivity contribution in [3.63, 3.8) is 0 Å². The van der Waals surface area contributed by atoms with Gasteiger partial charge in [-0.3, -0.25) is 0 Å². The predicted molar refractivity (Wildman–Crippen MR) is 64.2 cm³/mol. The minimum atomic E-state index is -0.886. The van der Waals surface area contributed by atoms with Crippen LogP contribution in [0.3, 0.4) is 0 Å². The highest BCUT2D eigenvalue weighted by Crippen LogP contribution is 2.30. The molecular weight excluding hydrogens is 224 g/mol. The first-order chi connectivity index (χ1) is 7.56. The Balaban J connectivity index is 2.05. The third kappa shape index (κ3) is 2.35. The van der Waals surface area contributed by atoms with E-state index in [9.17, 15) is 4.79 Å². The van der Waals surface area contributed by atoms with Crippen LogP contribution in [-0.2, 0) is 0 Å². The monoisotopic (exact) mass is 240 g/mol. The Kier molecular flexibility index (Phi) is 3.14. The second-order valence-electron chi connectivity index (χ2n) is 4.50. The van der Waals surface area contributed by atoms with Crippen molar-refractivity contribution >= 4 is 22.4 Å². The van der Waals surface area contributed by atoms with E-state index in [-0.39, 0.29) is 0 Å². The second-order valence-corrected chi connectivity index (χ2v) is 5.50. The summed E-state index contributed by atoms with van der Waals surface area (Å²) < 4.78 is 0.